The van der Waals surface area contributed by atoms with Crippen molar-refractivity contribution in [3.63, 3.8) is 0 Å². The van der Waals surface area contributed by atoms with E-state index < -0.39 is 5.95 Å². The summed E-state index contributed by atoms with van der Waals surface area (Å²) in [5.74, 6) is -0.476. The lowest BCUT2D eigenvalue weighted by Gasteiger charge is -1.93. The van der Waals surface area contributed by atoms with Crippen molar-refractivity contribution in [3.05, 3.63) is 35.8 Å². The van der Waals surface area contributed by atoms with Crippen molar-refractivity contribution in [1.82, 2.24) is 4.57 Å². The van der Waals surface area contributed by atoms with Crippen molar-refractivity contribution in [1.29, 1.82) is 0 Å². The first-order valence-corrected chi connectivity index (χ1v) is 3.94. The van der Waals surface area contributed by atoms with Crippen molar-refractivity contribution < 1.29 is 9.18 Å². The highest BCUT2D eigenvalue weighted by Gasteiger charge is 2.12. The van der Waals surface area contributed by atoms with E-state index in [4.69, 9.17) is 0 Å². The summed E-state index contributed by atoms with van der Waals surface area (Å²) in [6, 6.07) is 7.12. The van der Waals surface area contributed by atoms with Crippen LogP contribution in [0.3, 0.4) is 0 Å². The van der Waals surface area contributed by atoms with E-state index in [0.29, 0.717) is 11.7 Å². The van der Waals surface area contributed by atoms with Crippen LogP contribution in [0, 0.1) is 5.95 Å². The number of nitrogens with zero attached hydrogens (tertiary/aromatic N) is 1. The molecular weight excluding hydrogens is 169 g/mol. The molecule has 2 nitrogen and oxygen atoms in total. The van der Waals surface area contributed by atoms with Crippen LogP contribution in [0.2, 0.25) is 0 Å². The van der Waals surface area contributed by atoms with Crippen LogP contribution in [0.5, 0.6) is 0 Å². The predicted octanol–water partition coefficient (Wildman–Crippen LogP) is 2.13. The summed E-state index contributed by atoms with van der Waals surface area (Å²) in [6.07, 6.45) is 0.553. The number of carbonyl (C=O) groups is 1. The van der Waals surface area contributed by atoms with Crippen LogP contribution in [0.4, 0.5) is 4.39 Å². The molecule has 0 radical (unpaired) electrons. The molecule has 2 rings (SSSR count). The second-order valence-corrected chi connectivity index (χ2v) is 2.90. The van der Waals surface area contributed by atoms with Gasteiger partial charge in [-0.3, -0.25) is 4.79 Å². The monoisotopic (exact) mass is 177 g/mol. The summed E-state index contributed by atoms with van der Waals surface area (Å²) in [6.45, 7) is 0. The molecule has 0 atom stereocenters. The maximum absolute atomic E-state index is 13.3. The number of hydrogen-bond donors (Lipinski definition) is 0. The Labute approximate surface area is 74.6 Å². The minimum absolute atomic E-state index is 0.137. The molecule has 0 amide bonds. The molecule has 3 heteroatoms. The van der Waals surface area contributed by atoms with E-state index >= 15 is 0 Å². The molecule has 0 fully saturated rings. The molecule has 0 aliphatic carbocycles. The van der Waals surface area contributed by atoms with Crippen LogP contribution in [-0.2, 0) is 7.05 Å². The lowest BCUT2D eigenvalue weighted by Crippen LogP contribution is -1.92. The highest BCUT2D eigenvalue weighted by molar-refractivity contribution is 5.97. The summed E-state index contributed by atoms with van der Waals surface area (Å²) in [4.78, 5) is 10.6. The Bertz CT molecular complexity index is 473. The van der Waals surface area contributed by atoms with E-state index in [1.54, 1.807) is 25.2 Å². The van der Waals surface area contributed by atoms with Gasteiger partial charge in [0.25, 0.3) is 0 Å². The number of aryl methyl sites for hydroxylation is 1. The molecule has 0 N–H and O–H groups in total. The molecule has 0 aliphatic heterocycles. The molecule has 1 heterocycles. The topological polar surface area (TPSA) is 22.0 Å². The Hall–Kier alpha value is -1.64. The third-order valence-corrected chi connectivity index (χ3v) is 2.19. The Morgan fingerprint density at radius 1 is 1.38 bits per heavy atom. The number of benzene rings is 1. The standard InChI is InChI=1S/C10H8FNO/c1-12-9-5-3-2-4-7(9)8(6-13)10(12)11/h2-6H,1H3. The number of para-hydroxylation sites is 1. The largest absolute Gasteiger partial charge is 0.320 e. The van der Waals surface area contributed by atoms with Gasteiger partial charge in [-0.05, 0) is 6.07 Å². The van der Waals surface area contributed by atoms with Gasteiger partial charge in [0.1, 0.15) is 0 Å². The third kappa shape index (κ3) is 0.967. The van der Waals surface area contributed by atoms with Crippen molar-refractivity contribution >= 4 is 17.2 Å². The fourth-order valence-corrected chi connectivity index (χ4v) is 1.50. The van der Waals surface area contributed by atoms with Crippen LogP contribution >= 0.6 is 0 Å². The van der Waals surface area contributed by atoms with Crippen molar-refractivity contribution in [2.24, 2.45) is 7.05 Å². The highest BCUT2D eigenvalue weighted by atomic mass is 19.1. The number of aldehydes is 1. The normalized spacial score (nSPS) is 10.6. The summed E-state index contributed by atoms with van der Waals surface area (Å²) in [5, 5.41) is 0.664. The third-order valence-electron chi connectivity index (χ3n) is 2.19. The summed E-state index contributed by atoms with van der Waals surface area (Å²) in [7, 11) is 1.60. The molecule has 0 saturated heterocycles. The first-order valence-electron chi connectivity index (χ1n) is 3.94. The Balaban J connectivity index is 2.98. The van der Waals surface area contributed by atoms with Gasteiger partial charge in [-0.25, -0.2) is 0 Å². The minimum Gasteiger partial charge on any atom is -0.320 e. The van der Waals surface area contributed by atoms with E-state index in [0.717, 1.165) is 5.52 Å². The fourth-order valence-electron chi connectivity index (χ4n) is 1.50. The van der Waals surface area contributed by atoms with Crippen molar-refractivity contribution in [3.8, 4) is 0 Å². The van der Waals surface area contributed by atoms with Crippen LogP contribution in [0.25, 0.3) is 10.9 Å². The average Bonchev–Trinajstić information content (AvgIpc) is 2.41. The number of fused-ring (bicyclic) bond motifs is 1. The molecule has 2 aromatic rings. The predicted molar refractivity (Wildman–Crippen MR) is 48.3 cm³/mol. The van der Waals surface area contributed by atoms with Crippen LogP contribution in [-0.4, -0.2) is 10.9 Å². The Kier molecular flexibility index (Phi) is 1.65. The number of hydrogen-bond acceptors (Lipinski definition) is 1. The maximum atomic E-state index is 13.3. The Morgan fingerprint density at radius 3 is 2.77 bits per heavy atom. The second-order valence-electron chi connectivity index (χ2n) is 2.90. The van der Waals surface area contributed by atoms with Gasteiger partial charge >= 0.3 is 0 Å². The number of carbonyl (C=O) groups excluding carboxylic acids is 1. The van der Waals surface area contributed by atoms with Gasteiger partial charge in [-0.1, -0.05) is 18.2 Å². The van der Waals surface area contributed by atoms with E-state index in [1.807, 2.05) is 6.07 Å². The van der Waals surface area contributed by atoms with Gasteiger partial charge in [0.15, 0.2) is 6.29 Å². The molecule has 0 bridgehead atoms. The van der Waals surface area contributed by atoms with Gasteiger partial charge < -0.3 is 4.57 Å². The number of aromatic nitrogens is 1. The molecule has 0 unspecified atom stereocenters. The molecule has 0 saturated carbocycles. The van der Waals surface area contributed by atoms with E-state index in [1.165, 1.54) is 4.57 Å². The summed E-state index contributed by atoms with van der Waals surface area (Å²) >= 11 is 0. The molecule has 1 aromatic heterocycles. The van der Waals surface area contributed by atoms with E-state index in [-0.39, 0.29) is 5.56 Å². The Morgan fingerprint density at radius 2 is 2.08 bits per heavy atom. The first kappa shape index (κ1) is 7.98. The first-order chi connectivity index (χ1) is 6.25. The highest BCUT2D eigenvalue weighted by Crippen LogP contribution is 2.21. The van der Waals surface area contributed by atoms with Gasteiger partial charge in [-0.2, -0.15) is 4.39 Å². The SMILES string of the molecule is Cn1c(F)c(C=O)c2ccccc21. The summed E-state index contributed by atoms with van der Waals surface area (Å²) in [5.41, 5.74) is 0.875. The minimum atomic E-state index is -0.476. The number of halogens is 1. The van der Waals surface area contributed by atoms with Crippen molar-refractivity contribution in [2.45, 2.75) is 0 Å². The van der Waals surface area contributed by atoms with Gasteiger partial charge in [0.05, 0.1) is 11.1 Å². The second kappa shape index (κ2) is 2.69. The number of rotatable bonds is 1. The summed E-state index contributed by atoms with van der Waals surface area (Å²) < 4.78 is 14.7. The average molecular weight is 177 g/mol. The molecule has 0 spiro atoms. The van der Waals surface area contributed by atoms with Crippen LogP contribution < -0.4 is 0 Å². The zero-order chi connectivity index (χ0) is 9.42. The van der Waals surface area contributed by atoms with Crippen molar-refractivity contribution in [2.75, 3.05) is 0 Å². The van der Waals surface area contributed by atoms with E-state index in [2.05, 4.69) is 0 Å². The molecule has 13 heavy (non-hydrogen) atoms. The van der Waals surface area contributed by atoms with Crippen LogP contribution in [0.1, 0.15) is 10.4 Å². The lowest BCUT2D eigenvalue weighted by molar-refractivity contribution is 0.112. The quantitative estimate of drug-likeness (QED) is 0.611. The zero-order valence-corrected chi connectivity index (χ0v) is 7.12. The molecule has 66 valence electrons. The van der Waals surface area contributed by atoms with Gasteiger partial charge in [0.2, 0.25) is 5.95 Å². The molecule has 0 aliphatic rings. The maximum Gasteiger partial charge on any atom is 0.205 e. The lowest BCUT2D eigenvalue weighted by atomic mass is 10.2. The van der Waals surface area contributed by atoms with E-state index in [9.17, 15) is 9.18 Å². The zero-order valence-electron chi connectivity index (χ0n) is 7.12. The molecular formula is C10H8FNO. The van der Waals surface area contributed by atoms with Gasteiger partial charge in [-0.15, -0.1) is 0 Å². The molecule has 1 aromatic carbocycles. The van der Waals surface area contributed by atoms with Gasteiger partial charge in [0, 0.05) is 12.4 Å². The smallest absolute Gasteiger partial charge is 0.205 e. The fraction of sp³-hybridized carbons (Fsp3) is 0.100. The van der Waals surface area contributed by atoms with Crippen LogP contribution in [0.15, 0.2) is 24.3 Å².